The molecule has 1 aliphatic rings. The molecule has 11 nitrogen and oxygen atoms in total. The van der Waals surface area contributed by atoms with Gasteiger partial charge in [0.15, 0.2) is 11.6 Å². The molecule has 1 amide bonds. The molecule has 4 aromatic heterocycles. The van der Waals surface area contributed by atoms with Gasteiger partial charge in [0.05, 0.1) is 41.3 Å². The van der Waals surface area contributed by atoms with Crippen molar-refractivity contribution in [2.75, 3.05) is 31.1 Å². The molecule has 1 fully saturated rings. The van der Waals surface area contributed by atoms with Gasteiger partial charge in [-0.1, -0.05) is 5.21 Å². The fourth-order valence-electron chi connectivity index (χ4n) is 3.83. The molecule has 162 valence electrons. The number of aromatic nitrogens is 7. The number of aromatic amines is 1. The Kier molecular flexibility index (Phi) is 5.01. The molecule has 0 spiro atoms. The normalized spacial score (nSPS) is 14.5. The van der Waals surface area contributed by atoms with E-state index in [0.29, 0.717) is 32.6 Å². The highest BCUT2D eigenvalue weighted by Crippen LogP contribution is 2.26. The molecule has 0 unspecified atom stereocenters. The Labute approximate surface area is 180 Å². The lowest BCUT2D eigenvalue weighted by molar-refractivity contribution is -0.126. The lowest BCUT2D eigenvalue weighted by Gasteiger charge is -2.22. The van der Waals surface area contributed by atoms with Gasteiger partial charge in [-0.25, -0.2) is 19.0 Å². The Morgan fingerprint density at radius 3 is 2.72 bits per heavy atom. The van der Waals surface area contributed by atoms with Crippen LogP contribution in [0.5, 0.6) is 0 Å². The van der Waals surface area contributed by atoms with Crippen LogP contribution in [0.3, 0.4) is 0 Å². The van der Waals surface area contributed by atoms with Crippen LogP contribution in [0.2, 0.25) is 0 Å². The lowest BCUT2D eigenvalue weighted by Crippen LogP contribution is -2.39. The minimum absolute atomic E-state index is 0.000131. The summed E-state index contributed by atoms with van der Waals surface area (Å²) < 4.78 is 16.0. The summed E-state index contributed by atoms with van der Waals surface area (Å²) >= 11 is 0. The van der Waals surface area contributed by atoms with Crippen LogP contribution in [-0.4, -0.2) is 77.7 Å². The van der Waals surface area contributed by atoms with Crippen LogP contribution in [0, 0.1) is 5.82 Å². The molecule has 5 rings (SSSR count). The number of rotatable bonds is 4. The minimum atomic E-state index is -0.779. The third-order valence-electron chi connectivity index (χ3n) is 5.38. The topological polar surface area (TPSA) is 126 Å². The maximum atomic E-state index is 14.6. The van der Waals surface area contributed by atoms with Crippen LogP contribution in [0.4, 0.5) is 10.2 Å². The zero-order valence-electron chi connectivity index (χ0n) is 16.8. The predicted molar refractivity (Wildman–Crippen MR) is 111 cm³/mol. The van der Waals surface area contributed by atoms with E-state index in [4.69, 9.17) is 0 Å². The number of pyridine rings is 1. The van der Waals surface area contributed by atoms with Crippen molar-refractivity contribution in [1.82, 2.24) is 39.8 Å². The molecule has 0 saturated carbocycles. The number of carbonyl (C=O) groups excluding carboxylic acids is 2. The number of nitrogens with zero attached hydrogens (tertiary/aromatic N) is 8. The summed E-state index contributed by atoms with van der Waals surface area (Å²) in [7, 11) is 0. The van der Waals surface area contributed by atoms with E-state index < -0.39 is 17.5 Å². The summed E-state index contributed by atoms with van der Waals surface area (Å²) in [5.41, 5.74) is 0.220. The molecule has 4 aromatic rings. The smallest absolute Gasteiger partial charge is 0.295 e. The van der Waals surface area contributed by atoms with Crippen molar-refractivity contribution in [2.45, 2.75) is 6.42 Å². The van der Waals surface area contributed by atoms with E-state index in [-0.39, 0.29) is 22.3 Å². The van der Waals surface area contributed by atoms with Crippen molar-refractivity contribution >= 4 is 28.4 Å². The van der Waals surface area contributed by atoms with Gasteiger partial charge in [0.1, 0.15) is 5.82 Å². The molecule has 0 aromatic carbocycles. The Morgan fingerprint density at radius 2 is 1.94 bits per heavy atom. The second-order valence-electron chi connectivity index (χ2n) is 7.26. The quantitative estimate of drug-likeness (QED) is 0.372. The van der Waals surface area contributed by atoms with Gasteiger partial charge in [-0.3, -0.25) is 14.6 Å². The average molecular weight is 435 g/mol. The SMILES string of the molecule is O=C(C(=O)N1CCCN(c2cnccn2)CC1)c1c[nH]c2c(-n3ccnn3)ncc(F)c12. The summed E-state index contributed by atoms with van der Waals surface area (Å²) in [4.78, 5) is 44.9. The van der Waals surface area contributed by atoms with E-state index in [1.165, 1.54) is 22.0 Å². The number of carbonyl (C=O) groups is 2. The molecule has 0 bridgehead atoms. The van der Waals surface area contributed by atoms with Crippen LogP contribution < -0.4 is 4.90 Å². The third kappa shape index (κ3) is 3.45. The number of fused-ring (bicyclic) bond motifs is 1. The number of hydrogen-bond acceptors (Lipinski definition) is 8. The van der Waals surface area contributed by atoms with Crippen LogP contribution in [0.15, 0.2) is 43.4 Å². The molecular weight excluding hydrogens is 417 g/mol. The summed E-state index contributed by atoms with van der Waals surface area (Å²) in [5.74, 6) is -1.16. The first kappa shape index (κ1) is 19.7. The second-order valence-corrected chi connectivity index (χ2v) is 7.26. The Morgan fingerprint density at radius 1 is 1.03 bits per heavy atom. The molecule has 5 heterocycles. The van der Waals surface area contributed by atoms with E-state index in [2.05, 4.69) is 30.2 Å². The molecule has 1 N–H and O–H groups in total. The average Bonchev–Trinajstić information content (AvgIpc) is 3.45. The largest absolute Gasteiger partial charge is 0.357 e. The number of amides is 1. The Balaban J connectivity index is 1.40. The second kappa shape index (κ2) is 8.13. The van der Waals surface area contributed by atoms with E-state index in [1.807, 2.05) is 4.90 Å². The van der Waals surface area contributed by atoms with E-state index in [9.17, 15) is 14.0 Å². The maximum Gasteiger partial charge on any atom is 0.295 e. The van der Waals surface area contributed by atoms with E-state index in [1.54, 1.807) is 24.8 Å². The summed E-state index contributed by atoms with van der Waals surface area (Å²) in [6.07, 6.45) is 10.9. The third-order valence-corrected chi connectivity index (χ3v) is 5.38. The van der Waals surface area contributed by atoms with Gasteiger partial charge < -0.3 is 14.8 Å². The molecular formula is C20H18FN9O2. The summed E-state index contributed by atoms with van der Waals surface area (Å²) in [6.45, 7) is 1.96. The van der Waals surface area contributed by atoms with Crippen molar-refractivity contribution in [2.24, 2.45) is 0 Å². The maximum absolute atomic E-state index is 14.6. The minimum Gasteiger partial charge on any atom is -0.357 e. The molecule has 1 aliphatic heterocycles. The monoisotopic (exact) mass is 435 g/mol. The van der Waals surface area contributed by atoms with Crippen molar-refractivity contribution in [3.63, 3.8) is 0 Å². The highest BCUT2D eigenvalue weighted by molar-refractivity contribution is 6.45. The van der Waals surface area contributed by atoms with Crippen molar-refractivity contribution in [1.29, 1.82) is 0 Å². The van der Waals surface area contributed by atoms with E-state index >= 15 is 0 Å². The van der Waals surface area contributed by atoms with Gasteiger partial charge in [0.2, 0.25) is 0 Å². The number of hydrogen-bond donors (Lipinski definition) is 1. The highest BCUT2D eigenvalue weighted by atomic mass is 19.1. The molecule has 0 aliphatic carbocycles. The van der Waals surface area contributed by atoms with Gasteiger partial charge in [-0.05, 0) is 6.42 Å². The van der Waals surface area contributed by atoms with Gasteiger partial charge >= 0.3 is 0 Å². The number of halogens is 1. The standard InChI is InChI=1S/C20H18FN9O2/c21-14-11-25-19(30-7-4-26-27-30)17-16(14)13(10-24-17)18(31)20(32)29-6-1-5-28(8-9-29)15-12-22-2-3-23-15/h2-4,7,10-12,24H,1,5-6,8-9H2. The first-order valence-electron chi connectivity index (χ1n) is 10.0. The number of anilines is 1. The molecule has 1 saturated heterocycles. The highest BCUT2D eigenvalue weighted by Gasteiger charge is 2.29. The molecule has 32 heavy (non-hydrogen) atoms. The number of nitrogens with one attached hydrogen (secondary N) is 1. The zero-order valence-corrected chi connectivity index (χ0v) is 16.8. The van der Waals surface area contributed by atoms with Gasteiger partial charge in [-0.2, -0.15) is 0 Å². The first-order valence-corrected chi connectivity index (χ1v) is 10.0. The van der Waals surface area contributed by atoms with Crippen LogP contribution >= 0.6 is 0 Å². The Hall–Kier alpha value is -4.22. The number of Topliss-reactive ketones (excluding diaryl/α,β-unsaturated/α-hetero) is 1. The van der Waals surface area contributed by atoms with Crippen molar-refractivity contribution in [3.05, 3.63) is 54.8 Å². The van der Waals surface area contributed by atoms with Crippen LogP contribution in [0.25, 0.3) is 16.7 Å². The Bertz CT molecular complexity index is 1270. The van der Waals surface area contributed by atoms with Crippen molar-refractivity contribution < 1.29 is 14.0 Å². The number of ketones is 1. The van der Waals surface area contributed by atoms with Gasteiger partial charge in [0.25, 0.3) is 11.7 Å². The number of H-pyrrole nitrogens is 1. The lowest BCUT2D eigenvalue weighted by atomic mass is 10.1. The summed E-state index contributed by atoms with van der Waals surface area (Å²) in [5, 5.41) is 7.58. The van der Waals surface area contributed by atoms with E-state index in [0.717, 1.165) is 12.0 Å². The fourth-order valence-corrected chi connectivity index (χ4v) is 3.83. The fraction of sp³-hybridized carbons (Fsp3) is 0.250. The zero-order chi connectivity index (χ0) is 22.1. The summed E-state index contributed by atoms with van der Waals surface area (Å²) in [6, 6.07) is 0. The molecule has 0 atom stereocenters. The molecule has 0 radical (unpaired) electrons. The first-order chi connectivity index (χ1) is 15.6. The molecule has 12 heteroatoms. The van der Waals surface area contributed by atoms with Gasteiger partial charge in [-0.15, -0.1) is 5.10 Å². The van der Waals surface area contributed by atoms with Crippen molar-refractivity contribution in [3.8, 4) is 5.82 Å². The van der Waals surface area contributed by atoms with Crippen LogP contribution in [0.1, 0.15) is 16.8 Å². The van der Waals surface area contributed by atoms with Gasteiger partial charge in [0, 0.05) is 44.8 Å². The predicted octanol–water partition coefficient (Wildman–Crippen LogP) is 0.994. The van der Waals surface area contributed by atoms with Crippen LogP contribution in [-0.2, 0) is 4.79 Å².